The maximum atomic E-state index is 12.2. The maximum absolute atomic E-state index is 12.2. The Hall–Kier alpha value is -1.71. The summed E-state index contributed by atoms with van der Waals surface area (Å²) in [6.07, 6.45) is 0.466. The Morgan fingerprint density at radius 1 is 1.19 bits per heavy atom. The summed E-state index contributed by atoms with van der Waals surface area (Å²) in [4.78, 5) is 12.2. The van der Waals surface area contributed by atoms with Crippen molar-refractivity contribution < 1.29 is 4.79 Å². The second-order valence-electron chi connectivity index (χ2n) is 4.74. The van der Waals surface area contributed by atoms with Gasteiger partial charge >= 0.3 is 0 Å². The molecule has 0 fully saturated rings. The van der Waals surface area contributed by atoms with E-state index in [1.165, 1.54) is 0 Å². The summed E-state index contributed by atoms with van der Waals surface area (Å²) in [6, 6.07) is 14.3. The van der Waals surface area contributed by atoms with Gasteiger partial charge in [0.25, 0.3) is 0 Å². The van der Waals surface area contributed by atoms with E-state index in [-0.39, 0.29) is 0 Å². The highest BCUT2D eigenvalue weighted by Gasteiger charge is 2.37. The Labute approximate surface area is 134 Å². The standard InChI is InChI=1S/C16H16Cl2N2O/c1-2-16(15(19)21,11-6-5-7-12(17)10-11)20-14-9-4-3-8-13(14)18/h3-10,20H,2H2,1H3,(H2,19,21). The Morgan fingerprint density at radius 3 is 2.48 bits per heavy atom. The molecule has 0 aliphatic rings. The van der Waals surface area contributed by atoms with Crippen molar-refractivity contribution in [2.24, 2.45) is 5.73 Å². The second-order valence-corrected chi connectivity index (χ2v) is 5.58. The molecule has 2 aromatic carbocycles. The predicted molar refractivity (Wildman–Crippen MR) is 87.7 cm³/mol. The minimum Gasteiger partial charge on any atom is -0.367 e. The number of nitrogens with one attached hydrogen (secondary N) is 1. The number of anilines is 1. The lowest BCUT2D eigenvalue weighted by atomic mass is 9.86. The van der Waals surface area contributed by atoms with Crippen LogP contribution >= 0.6 is 23.2 Å². The molecule has 0 saturated carbocycles. The van der Waals surface area contributed by atoms with E-state index in [2.05, 4.69) is 5.32 Å². The average molecular weight is 323 g/mol. The van der Waals surface area contributed by atoms with Gasteiger partial charge in [-0.05, 0) is 36.2 Å². The highest BCUT2D eigenvalue weighted by molar-refractivity contribution is 6.33. The van der Waals surface area contributed by atoms with Gasteiger partial charge < -0.3 is 11.1 Å². The van der Waals surface area contributed by atoms with Gasteiger partial charge in [-0.2, -0.15) is 0 Å². The molecule has 0 spiro atoms. The highest BCUT2D eigenvalue weighted by Crippen LogP contribution is 2.33. The first kappa shape index (κ1) is 15.7. The van der Waals surface area contributed by atoms with E-state index in [9.17, 15) is 4.79 Å². The zero-order valence-electron chi connectivity index (χ0n) is 11.6. The van der Waals surface area contributed by atoms with E-state index in [0.29, 0.717) is 27.7 Å². The fourth-order valence-electron chi connectivity index (χ4n) is 2.29. The first-order valence-electron chi connectivity index (χ1n) is 6.58. The number of para-hydroxylation sites is 1. The summed E-state index contributed by atoms with van der Waals surface area (Å²) in [5.41, 5.74) is 5.98. The molecule has 0 radical (unpaired) electrons. The molecule has 110 valence electrons. The molecule has 0 heterocycles. The number of hydrogen-bond acceptors (Lipinski definition) is 2. The van der Waals surface area contributed by atoms with Crippen LogP contribution in [0.3, 0.4) is 0 Å². The summed E-state index contributed by atoms with van der Waals surface area (Å²) in [6.45, 7) is 1.88. The van der Waals surface area contributed by atoms with Crippen molar-refractivity contribution in [1.29, 1.82) is 0 Å². The van der Waals surface area contributed by atoms with E-state index in [0.717, 1.165) is 0 Å². The van der Waals surface area contributed by atoms with Gasteiger partial charge in [-0.25, -0.2) is 0 Å². The van der Waals surface area contributed by atoms with Gasteiger partial charge in [0, 0.05) is 5.02 Å². The molecule has 0 saturated heterocycles. The largest absolute Gasteiger partial charge is 0.367 e. The third kappa shape index (κ3) is 3.14. The van der Waals surface area contributed by atoms with Crippen LogP contribution < -0.4 is 11.1 Å². The van der Waals surface area contributed by atoms with Crippen molar-refractivity contribution in [2.75, 3.05) is 5.32 Å². The summed E-state index contributed by atoms with van der Waals surface area (Å²) >= 11 is 12.2. The van der Waals surface area contributed by atoms with Gasteiger partial charge in [0.15, 0.2) is 0 Å². The fourth-order valence-corrected chi connectivity index (χ4v) is 2.66. The van der Waals surface area contributed by atoms with Crippen LogP contribution in [0.25, 0.3) is 0 Å². The minimum absolute atomic E-state index is 0.466. The molecule has 5 heteroatoms. The molecule has 1 unspecified atom stereocenters. The van der Waals surface area contributed by atoms with E-state index >= 15 is 0 Å². The molecule has 2 aromatic rings. The average Bonchev–Trinajstić information content (AvgIpc) is 2.46. The van der Waals surface area contributed by atoms with Gasteiger partial charge in [-0.3, -0.25) is 4.79 Å². The van der Waals surface area contributed by atoms with Crippen LogP contribution in [0.15, 0.2) is 48.5 Å². The van der Waals surface area contributed by atoms with E-state index in [4.69, 9.17) is 28.9 Å². The first-order valence-corrected chi connectivity index (χ1v) is 7.34. The number of primary amides is 1. The molecule has 0 aliphatic heterocycles. The monoisotopic (exact) mass is 322 g/mol. The molecule has 0 aromatic heterocycles. The summed E-state index contributed by atoms with van der Waals surface area (Å²) in [5, 5.41) is 4.26. The minimum atomic E-state index is -1.06. The number of hydrogen-bond donors (Lipinski definition) is 2. The van der Waals surface area contributed by atoms with Crippen LogP contribution in [0.5, 0.6) is 0 Å². The lowest BCUT2D eigenvalue weighted by molar-refractivity contribution is -0.122. The third-order valence-electron chi connectivity index (χ3n) is 3.49. The number of rotatable bonds is 5. The first-order chi connectivity index (χ1) is 9.99. The number of benzene rings is 2. The molecule has 0 aliphatic carbocycles. The molecule has 21 heavy (non-hydrogen) atoms. The lowest BCUT2D eigenvalue weighted by Crippen LogP contribution is -2.47. The Kier molecular flexibility index (Phi) is 4.76. The van der Waals surface area contributed by atoms with Crippen molar-refractivity contribution in [1.82, 2.24) is 0 Å². The zero-order valence-corrected chi connectivity index (χ0v) is 13.1. The number of carbonyl (C=O) groups is 1. The topological polar surface area (TPSA) is 55.1 Å². The normalized spacial score (nSPS) is 13.5. The van der Waals surface area contributed by atoms with Crippen molar-refractivity contribution in [3.8, 4) is 0 Å². The van der Waals surface area contributed by atoms with Gasteiger partial charge in [-0.15, -0.1) is 0 Å². The number of nitrogens with two attached hydrogens (primary N) is 1. The fraction of sp³-hybridized carbons (Fsp3) is 0.188. The molecule has 1 atom stereocenters. The van der Waals surface area contributed by atoms with E-state index in [1.807, 2.05) is 25.1 Å². The quantitative estimate of drug-likeness (QED) is 0.866. The molecule has 3 N–H and O–H groups in total. The van der Waals surface area contributed by atoms with Gasteiger partial charge in [0.2, 0.25) is 5.91 Å². The maximum Gasteiger partial charge on any atom is 0.247 e. The molecule has 2 rings (SSSR count). The summed E-state index contributed by atoms with van der Waals surface area (Å²) < 4.78 is 0. The molecule has 1 amide bonds. The zero-order chi connectivity index (χ0) is 15.5. The molecule has 3 nitrogen and oxygen atoms in total. The highest BCUT2D eigenvalue weighted by atomic mass is 35.5. The smallest absolute Gasteiger partial charge is 0.247 e. The van der Waals surface area contributed by atoms with Gasteiger partial charge in [-0.1, -0.05) is 54.4 Å². The molecule has 0 bridgehead atoms. The second kappa shape index (κ2) is 6.37. The van der Waals surface area contributed by atoms with Crippen molar-refractivity contribution >= 4 is 34.8 Å². The number of halogens is 2. The van der Waals surface area contributed by atoms with Crippen LogP contribution in [-0.4, -0.2) is 5.91 Å². The molecular formula is C16H16Cl2N2O. The van der Waals surface area contributed by atoms with Crippen LogP contribution in [-0.2, 0) is 10.3 Å². The van der Waals surface area contributed by atoms with Crippen molar-refractivity contribution in [3.63, 3.8) is 0 Å². The Balaban J connectivity index is 2.53. The lowest BCUT2D eigenvalue weighted by Gasteiger charge is -2.32. The van der Waals surface area contributed by atoms with Crippen molar-refractivity contribution in [3.05, 3.63) is 64.1 Å². The third-order valence-corrected chi connectivity index (χ3v) is 4.05. The number of amides is 1. The van der Waals surface area contributed by atoms with Crippen molar-refractivity contribution in [2.45, 2.75) is 18.9 Å². The van der Waals surface area contributed by atoms with Crippen LogP contribution in [0.2, 0.25) is 10.0 Å². The predicted octanol–water partition coefficient (Wildman–Crippen LogP) is 4.20. The summed E-state index contributed by atoms with van der Waals surface area (Å²) in [7, 11) is 0. The Morgan fingerprint density at radius 2 is 1.90 bits per heavy atom. The van der Waals surface area contributed by atoms with Gasteiger partial charge in [0.1, 0.15) is 5.54 Å². The Bertz CT molecular complexity index is 660. The van der Waals surface area contributed by atoms with Crippen LogP contribution in [0.1, 0.15) is 18.9 Å². The van der Waals surface area contributed by atoms with E-state index < -0.39 is 11.4 Å². The van der Waals surface area contributed by atoms with Gasteiger partial charge in [0.05, 0.1) is 10.7 Å². The van der Waals surface area contributed by atoms with E-state index in [1.54, 1.807) is 30.3 Å². The van der Waals surface area contributed by atoms with Crippen LogP contribution in [0.4, 0.5) is 5.69 Å². The molecular weight excluding hydrogens is 307 g/mol. The summed E-state index contributed by atoms with van der Waals surface area (Å²) in [5.74, 6) is -0.479. The van der Waals surface area contributed by atoms with Crippen LogP contribution in [0, 0.1) is 0 Å². The SMILES string of the molecule is CCC(Nc1ccccc1Cl)(C(N)=O)c1cccc(Cl)c1. The number of carbonyl (C=O) groups excluding carboxylic acids is 1.